The van der Waals surface area contributed by atoms with E-state index in [1.165, 1.54) is 6.33 Å². The van der Waals surface area contributed by atoms with Gasteiger partial charge in [0, 0.05) is 0 Å². The van der Waals surface area contributed by atoms with Gasteiger partial charge in [0.1, 0.15) is 12.1 Å². The predicted octanol–water partition coefficient (Wildman–Crippen LogP) is 2.49. The number of aryl methyl sites for hydroxylation is 1. The lowest BCUT2D eigenvalue weighted by Gasteiger charge is -2.28. The van der Waals surface area contributed by atoms with Crippen LogP contribution in [0.25, 0.3) is 11.0 Å². The fourth-order valence-electron chi connectivity index (χ4n) is 2.18. The Balaban J connectivity index is 2.73. The first-order chi connectivity index (χ1) is 8.36. The van der Waals surface area contributed by atoms with Crippen LogP contribution in [0.2, 0.25) is 0 Å². The molecule has 0 amide bonds. The van der Waals surface area contributed by atoms with Crippen LogP contribution < -0.4 is 5.73 Å². The minimum atomic E-state index is 0.00680. The van der Waals surface area contributed by atoms with Crippen LogP contribution in [0.1, 0.15) is 32.5 Å². The van der Waals surface area contributed by atoms with Crippen molar-refractivity contribution in [3.8, 4) is 0 Å². The van der Waals surface area contributed by atoms with Gasteiger partial charge in [-0.2, -0.15) is 5.10 Å². The van der Waals surface area contributed by atoms with Gasteiger partial charge in [-0.3, -0.25) is 0 Å². The molecule has 96 valence electrons. The van der Waals surface area contributed by atoms with Gasteiger partial charge in [-0.25, -0.2) is 14.6 Å². The molecule has 2 heterocycles. The molecule has 0 aliphatic heterocycles. The zero-order valence-electron chi connectivity index (χ0n) is 11.3. The number of fused-ring (bicyclic) bond motifs is 1. The predicted molar refractivity (Wildman–Crippen MR) is 73.2 cm³/mol. The number of nitrogens with two attached hydrogens (primary N) is 1. The van der Waals surface area contributed by atoms with Crippen LogP contribution in [0, 0.1) is 12.3 Å². The van der Waals surface area contributed by atoms with Crippen LogP contribution in [0.4, 0.5) is 5.82 Å². The number of hydrogen-bond donors (Lipinski definition) is 1. The van der Waals surface area contributed by atoms with Crippen LogP contribution in [0.5, 0.6) is 0 Å². The van der Waals surface area contributed by atoms with Gasteiger partial charge in [0.05, 0.1) is 17.1 Å². The van der Waals surface area contributed by atoms with Crippen LogP contribution >= 0.6 is 0 Å². The van der Waals surface area contributed by atoms with Crippen molar-refractivity contribution in [1.82, 2.24) is 19.7 Å². The van der Waals surface area contributed by atoms with E-state index in [9.17, 15) is 0 Å². The highest BCUT2D eigenvalue weighted by Crippen LogP contribution is 2.34. The molecule has 2 N–H and O–H groups in total. The normalized spacial score (nSPS) is 13.8. The third-order valence-corrected chi connectivity index (χ3v) is 3.07. The van der Waals surface area contributed by atoms with Crippen molar-refractivity contribution in [3.05, 3.63) is 24.7 Å². The van der Waals surface area contributed by atoms with Crippen LogP contribution in [-0.4, -0.2) is 19.7 Å². The third kappa shape index (κ3) is 1.85. The van der Waals surface area contributed by atoms with Gasteiger partial charge in [0.25, 0.3) is 0 Å². The Bertz CT molecular complexity index is 591. The van der Waals surface area contributed by atoms with Crippen molar-refractivity contribution in [2.45, 2.75) is 33.7 Å². The minimum absolute atomic E-state index is 0.00680. The zero-order chi connectivity index (χ0) is 13.5. The molecular formula is C13H19N5. The summed E-state index contributed by atoms with van der Waals surface area (Å²) in [6.07, 6.45) is 3.36. The smallest absolute Gasteiger partial charge is 0.164 e. The molecule has 0 bridgehead atoms. The average Bonchev–Trinajstić information content (AvgIpc) is 2.57. The number of nitrogen functional groups attached to an aromatic ring is 1. The summed E-state index contributed by atoms with van der Waals surface area (Å²) >= 11 is 0. The van der Waals surface area contributed by atoms with Crippen molar-refractivity contribution in [1.29, 1.82) is 0 Å². The Morgan fingerprint density at radius 1 is 1.39 bits per heavy atom. The summed E-state index contributed by atoms with van der Waals surface area (Å²) in [6, 6.07) is 0.0583. The first-order valence-electron chi connectivity index (χ1n) is 5.94. The van der Waals surface area contributed by atoms with Crippen LogP contribution in [0.3, 0.4) is 0 Å². The lowest BCUT2D eigenvalue weighted by atomic mass is 9.87. The molecule has 18 heavy (non-hydrogen) atoms. The lowest BCUT2D eigenvalue weighted by Crippen LogP contribution is -2.23. The summed E-state index contributed by atoms with van der Waals surface area (Å²) in [5, 5.41) is 5.38. The summed E-state index contributed by atoms with van der Waals surface area (Å²) in [4.78, 5) is 8.32. The number of anilines is 1. The zero-order valence-corrected chi connectivity index (χ0v) is 11.3. The molecule has 0 saturated heterocycles. The van der Waals surface area contributed by atoms with E-state index in [2.05, 4.69) is 42.4 Å². The molecule has 5 heteroatoms. The standard InChI is InChI=1S/C13H19N5/c1-6-9(13(3,4)5)18-12-10(8(2)17-18)11(14)15-7-16-12/h6-7,9H,1H2,2-5H3,(H2,14,15,16). The monoisotopic (exact) mass is 245 g/mol. The number of allylic oxidation sites excluding steroid dienone is 1. The Morgan fingerprint density at radius 2 is 2.06 bits per heavy atom. The minimum Gasteiger partial charge on any atom is -0.383 e. The van der Waals surface area contributed by atoms with Crippen molar-refractivity contribution >= 4 is 16.9 Å². The van der Waals surface area contributed by atoms with Crippen molar-refractivity contribution < 1.29 is 0 Å². The highest BCUT2D eigenvalue weighted by Gasteiger charge is 2.27. The van der Waals surface area contributed by atoms with Crippen molar-refractivity contribution in [3.63, 3.8) is 0 Å². The summed E-state index contributed by atoms with van der Waals surface area (Å²) in [5.74, 6) is 0.473. The molecule has 5 nitrogen and oxygen atoms in total. The fourth-order valence-corrected chi connectivity index (χ4v) is 2.18. The molecule has 0 aliphatic rings. The summed E-state index contributed by atoms with van der Waals surface area (Å²) in [6.45, 7) is 12.3. The SMILES string of the molecule is C=CC(n1nc(C)c2c(N)ncnc21)C(C)(C)C. The quantitative estimate of drug-likeness (QED) is 0.825. The van der Waals surface area contributed by atoms with Gasteiger partial charge in [-0.05, 0) is 12.3 Å². The maximum atomic E-state index is 5.89. The van der Waals surface area contributed by atoms with Gasteiger partial charge in [-0.1, -0.05) is 26.8 Å². The molecule has 2 aromatic rings. The highest BCUT2D eigenvalue weighted by atomic mass is 15.3. The van der Waals surface area contributed by atoms with Gasteiger partial charge < -0.3 is 5.73 Å². The highest BCUT2D eigenvalue weighted by molar-refractivity contribution is 5.87. The van der Waals surface area contributed by atoms with Gasteiger partial charge in [0.15, 0.2) is 5.65 Å². The second-order valence-electron chi connectivity index (χ2n) is 5.53. The Hall–Kier alpha value is -1.91. The van der Waals surface area contributed by atoms with E-state index in [1.54, 1.807) is 0 Å². The van der Waals surface area contributed by atoms with E-state index in [4.69, 9.17) is 5.73 Å². The molecule has 0 aliphatic carbocycles. The van der Waals surface area contributed by atoms with Gasteiger partial charge >= 0.3 is 0 Å². The molecule has 0 aromatic carbocycles. The summed E-state index contributed by atoms with van der Waals surface area (Å²) in [5.41, 5.74) is 7.51. The number of rotatable bonds is 2. The van der Waals surface area contributed by atoms with Gasteiger partial charge in [0.2, 0.25) is 0 Å². The maximum Gasteiger partial charge on any atom is 0.164 e. The molecule has 1 unspecified atom stereocenters. The second kappa shape index (κ2) is 4.08. The lowest BCUT2D eigenvalue weighted by molar-refractivity contribution is 0.279. The van der Waals surface area contributed by atoms with E-state index in [0.717, 1.165) is 16.7 Å². The van der Waals surface area contributed by atoms with Crippen molar-refractivity contribution in [2.75, 3.05) is 5.73 Å². The molecule has 0 fully saturated rings. The molecule has 0 saturated carbocycles. The molecular weight excluding hydrogens is 226 g/mol. The molecule has 0 radical (unpaired) electrons. The Kier molecular flexibility index (Phi) is 2.84. The van der Waals surface area contributed by atoms with Crippen LogP contribution in [0.15, 0.2) is 19.0 Å². The number of hydrogen-bond acceptors (Lipinski definition) is 4. The number of nitrogens with zero attached hydrogens (tertiary/aromatic N) is 4. The van der Waals surface area contributed by atoms with Crippen LogP contribution in [-0.2, 0) is 0 Å². The molecule has 2 rings (SSSR count). The molecule has 1 atom stereocenters. The first-order valence-corrected chi connectivity index (χ1v) is 5.94. The number of aromatic nitrogens is 4. The largest absolute Gasteiger partial charge is 0.383 e. The Labute approximate surface area is 107 Å². The first kappa shape index (κ1) is 12.5. The third-order valence-electron chi connectivity index (χ3n) is 3.07. The van der Waals surface area contributed by atoms with E-state index >= 15 is 0 Å². The molecule has 0 spiro atoms. The second-order valence-corrected chi connectivity index (χ2v) is 5.53. The average molecular weight is 245 g/mol. The van der Waals surface area contributed by atoms with E-state index in [-0.39, 0.29) is 11.5 Å². The topological polar surface area (TPSA) is 69.6 Å². The summed E-state index contributed by atoms with van der Waals surface area (Å²) in [7, 11) is 0. The van der Waals surface area contributed by atoms with Crippen molar-refractivity contribution in [2.24, 2.45) is 5.41 Å². The Morgan fingerprint density at radius 3 is 2.61 bits per heavy atom. The van der Waals surface area contributed by atoms with E-state index in [1.807, 2.05) is 17.7 Å². The fraction of sp³-hybridized carbons (Fsp3) is 0.462. The van der Waals surface area contributed by atoms with Gasteiger partial charge in [-0.15, -0.1) is 6.58 Å². The summed E-state index contributed by atoms with van der Waals surface area (Å²) < 4.78 is 1.88. The maximum absolute atomic E-state index is 5.89. The van der Waals surface area contributed by atoms with E-state index in [0.29, 0.717) is 5.82 Å². The van der Waals surface area contributed by atoms with E-state index < -0.39 is 0 Å². The molecule has 2 aromatic heterocycles.